The first-order chi connectivity index (χ1) is 25.5. The predicted octanol–water partition coefficient (Wildman–Crippen LogP) is 10.4. The van der Waals surface area contributed by atoms with Crippen LogP contribution in [0.4, 0.5) is 11.4 Å². The summed E-state index contributed by atoms with van der Waals surface area (Å²) in [5.74, 6) is 0.632. The first-order valence-corrected chi connectivity index (χ1v) is 18.8. The number of anilines is 2. The number of ether oxygens (including phenoxy) is 2. The molecule has 2 aliphatic heterocycles. The van der Waals surface area contributed by atoms with Crippen molar-refractivity contribution in [2.45, 2.75) is 19.3 Å². The van der Waals surface area contributed by atoms with E-state index in [0.717, 1.165) is 18.3 Å². The average molecular weight is 923 g/mol. The summed E-state index contributed by atoms with van der Waals surface area (Å²) >= 11 is 4.36. The predicted molar refractivity (Wildman–Crippen MR) is 219 cm³/mol. The minimum Gasteiger partial charge on any atom is -0.457 e. The standard InChI is InChI=1S/C43H28I2N2O6/c1-43(2,25-3-15-31(16-4-25)52-33-19-21-35-37(23-33)41(50)46(39(35)48)29-11-7-27(44)8-12-29)26-5-17-32(18-6-26)53-34-20-22-36-38(24-34)42(51)47(40(36)49)30-13-9-28(45)10-14-30/h3-24H,1-2H3. The molecule has 0 aliphatic carbocycles. The number of hydrogen-bond donors (Lipinski definition) is 0. The molecule has 0 aromatic heterocycles. The molecule has 6 aromatic rings. The number of benzene rings is 6. The van der Waals surface area contributed by atoms with E-state index in [-0.39, 0.29) is 29.0 Å². The fourth-order valence-electron chi connectivity index (χ4n) is 6.53. The second-order valence-corrected chi connectivity index (χ2v) is 15.6. The van der Waals surface area contributed by atoms with Crippen LogP contribution in [-0.2, 0) is 5.41 Å². The molecule has 10 heteroatoms. The van der Waals surface area contributed by atoms with E-state index in [1.807, 2.05) is 72.8 Å². The highest BCUT2D eigenvalue weighted by Crippen LogP contribution is 2.37. The molecular weight excluding hydrogens is 894 g/mol. The van der Waals surface area contributed by atoms with E-state index in [4.69, 9.17) is 9.47 Å². The molecule has 0 fully saturated rings. The Balaban J connectivity index is 0.935. The number of carbonyl (C=O) groups excluding carboxylic acids is 4. The third kappa shape index (κ3) is 6.39. The van der Waals surface area contributed by atoms with Gasteiger partial charge in [-0.1, -0.05) is 38.1 Å². The lowest BCUT2D eigenvalue weighted by molar-refractivity contribution is 0.0910. The number of imide groups is 2. The van der Waals surface area contributed by atoms with E-state index < -0.39 is 0 Å². The molecule has 0 saturated heterocycles. The number of fused-ring (bicyclic) bond motifs is 2. The van der Waals surface area contributed by atoms with Gasteiger partial charge in [-0.2, -0.15) is 0 Å². The second kappa shape index (κ2) is 13.6. The maximum absolute atomic E-state index is 13.2. The van der Waals surface area contributed by atoms with Gasteiger partial charge >= 0.3 is 0 Å². The maximum Gasteiger partial charge on any atom is 0.266 e. The summed E-state index contributed by atoms with van der Waals surface area (Å²) in [5, 5.41) is 0. The Morgan fingerprint density at radius 2 is 0.736 bits per heavy atom. The van der Waals surface area contributed by atoms with Crippen LogP contribution in [0, 0.1) is 7.14 Å². The number of rotatable bonds is 8. The Hall–Kier alpha value is -5.34. The molecule has 0 saturated carbocycles. The molecule has 2 aliphatic rings. The fourth-order valence-corrected chi connectivity index (χ4v) is 7.25. The summed E-state index contributed by atoms with van der Waals surface area (Å²) in [6.07, 6.45) is 0. The molecule has 2 heterocycles. The summed E-state index contributed by atoms with van der Waals surface area (Å²) < 4.78 is 14.3. The summed E-state index contributed by atoms with van der Waals surface area (Å²) in [6, 6.07) is 39.9. The minimum atomic E-state index is -0.381. The van der Waals surface area contributed by atoms with Crippen LogP contribution < -0.4 is 19.3 Å². The molecule has 6 aromatic carbocycles. The van der Waals surface area contributed by atoms with Crippen molar-refractivity contribution in [3.8, 4) is 23.0 Å². The van der Waals surface area contributed by atoms with Crippen LogP contribution in [0.5, 0.6) is 23.0 Å². The van der Waals surface area contributed by atoms with Crippen LogP contribution in [0.15, 0.2) is 133 Å². The van der Waals surface area contributed by atoms with E-state index in [1.165, 1.54) is 9.80 Å². The number of hydrogen-bond acceptors (Lipinski definition) is 6. The number of halogens is 2. The van der Waals surface area contributed by atoms with Gasteiger partial charge in [-0.25, -0.2) is 9.80 Å². The lowest BCUT2D eigenvalue weighted by Crippen LogP contribution is -2.29. The Morgan fingerprint density at radius 1 is 0.415 bits per heavy atom. The van der Waals surface area contributed by atoms with Crippen molar-refractivity contribution in [1.82, 2.24) is 0 Å². The van der Waals surface area contributed by atoms with Gasteiger partial charge < -0.3 is 9.47 Å². The Kier molecular flexibility index (Phi) is 8.89. The first-order valence-electron chi connectivity index (χ1n) is 16.6. The van der Waals surface area contributed by atoms with Gasteiger partial charge in [-0.15, -0.1) is 0 Å². The Bertz CT molecular complexity index is 2290. The van der Waals surface area contributed by atoms with Crippen LogP contribution in [0.1, 0.15) is 66.4 Å². The highest BCUT2D eigenvalue weighted by molar-refractivity contribution is 14.1. The zero-order chi connectivity index (χ0) is 37.0. The van der Waals surface area contributed by atoms with Crippen LogP contribution in [0.2, 0.25) is 0 Å². The minimum absolute atomic E-state index is 0.306. The van der Waals surface area contributed by atoms with Gasteiger partial charge in [-0.3, -0.25) is 19.2 Å². The smallest absolute Gasteiger partial charge is 0.266 e. The van der Waals surface area contributed by atoms with Crippen LogP contribution >= 0.6 is 45.2 Å². The molecule has 0 N–H and O–H groups in total. The van der Waals surface area contributed by atoms with Gasteiger partial charge in [0.15, 0.2) is 0 Å². The fraction of sp³-hybridized carbons (Fsp3) is 0.0698. The van der Waals surface area contributed by atoms with Gasteiger partial charge in [0.05, 0.1) is 33.6 Å². The molecule has 4 amide bonds. The van der Waals surface area contributed by atoms with Crippen LogP contribution in [0.3, 0.4) is 0 Å². The van der Waals surface area contributed by atoms with E-state index in [1.54, 1.807) is 60.7 Å². The van der Waals surface area contributed by atoms with Crippen LogP contribution in [-0.4, -0.2) is 23.6 Å². The van der Waals surface area contributed by atoms with E-state index in [2.05, 4.69) is 59.0 Å². The van der Waals surface area contributed by atoms with Gasteiger partial charge in [0.2, 0.25) is 0 Å². The number of nitrogens with zero attached hydrogens (tertiary/aromatic N) is 2. The lowest BCUT2D eigenvalue weighted by Gasteiger charge is -2.26. The Morgan fingerprint density at radius 3 is 1.09 bits per heavy atom. The lowest BCUT2D eigenvalue weighted by atomic mass is 9.78. The highest BCUT2D eigenvalue weighted by Gasteiger charge is 2.38. The van der Waals surface area contributed by atoms with Crippen molar-refractivity contribution in [2.75, 3.05) is 9.80 Å². The van der Waals surface area contributed by atoms with Gasteiger partial charge in [0, 0.05) is 12.6 Å². The SMILES string of the molecule is CC(C)(c1ccc(Oc2ccc3c(c2)C(=O)N(c2ccc(I)cc2)C3=O)cc1)c1ccc(Oc2ccc3c(c2)C(=O)N(c2ccc(I)cc2)C3=O)cc1. The van der Waals surface area contributed by atoms with Crippen molar-refractivity contribution in [3.05, 3.63) is 174 Å². The summed E-state index contributed by atoms with van der Waals surface area (Å²) in [6.45, 7) is 4.26. The Labute approximate surface area is 332 Å². The van der Waals surface area contributed by atoms with Gasteiger partial charge in [0.25, 0.3) is 23.6 Å². The second-order valence-electron chi connectivity index (χ2n) is 13.1. The monoisotopic (exact) mass is 922 g/mol. The third-order valence-corrected chi connectivity index (χ3v) is 10.9. The van der Waals surface area contributed by atoms with Crippen molar-refractivity contribution in [1.29, 1.82) is 0 Å². The van der Waals surface area contributed by atoms with Gasteiger partial charge in [-0.05, 0) is 166 Å². The molecule has 53 heavy (non-hydrogen) atoms. The van der Waals surface area contributed by atoms with Gasteiger partial charge in [0.1, 0.15) is 23.0 Å². The number of amides is 4. The molecule has 8 rings (SSSR count). The average Bonchev–Trinajstić information content (AvgIpc) is 3.55. The zero-order valence-corrected chi connectivity index (χ0v) is 32.6. The van der Waals surface area contributed by atoms with Crippen molar-refractivity contribution < 1.29 is 28.7 Å². The summed E-state index contributed by atoms with van der Waals surface area (Å²) in [5.41, 5.74) is 4.11. The molecule has 0 unspecified atom stereocenters. The molecule has 0 atom stereocenters. The molecule has 0 radical (unpaired) electrons. The summed E-state index contributed by atoms with van der Waals surface area (Å²) in [4.78, 5) is 55.0. The number of carbonyl (C=O) groups is 4. The summed E-state index contributed by atoms with van der Waals surface area (Å²) in [7, 11) is 0. The topological polar surface area (TPSA) is 93.2 Å². The van der Waals surface area contributed by atoms with E-state index in [0.29, 0.717) is 56.6 Å². The largest absolute Gasteiger partial charge is 0.457 e. The third-order valence-electron chi connectivity index (χ3n) is 9.51. The van der Waals surface area contributed by atoms with E-state index in [9.17, 15) is 19.2 Å². The van der Waals surface area contributed by atoms with E-state index >= 15 is 0 Å². The first kappa shape index (κ1) is 34.7. The molecule has 260 valence electrons. The normalized spacial score (nSPS) is 13.7. The molecule has 8 nitrogen and oxygen atoms in total. The van der Waals surface area contributed by atoms with Crippen molar-refractivity contribution >= 4 is 80.2 Å². The maximum atomic E-state index is 13.2. The highest BCUT2D eigenvalue weighted by atomic mass is 127. The quantitative estimate of drug-likeness (QED) is 0.112. The van der Waals surface area contributed by atoms with Crippen molar-refractivity contribution in [2.24, 2.45) is 0 Å². The molecular formula is C43H28I2N2O6. The molecule has 0 spiro atoms. The van der Waals surface area contributed by atoms with Crippen molar-refractivity contribution in [3.63, 3.8) is 0 Å². The molecule has 0 bridgehead atoms. The van der Waals surface area contributed by atoms with Crippen LogP contribution in [0.25, 0.3) is 0 Å². The zero-order valence-electron chi connectivity index (χ0n) is 28.3.